The Hall–Kier alpha value is -3.35. The van der Waals surface area contributed by atoms with Crippen molar-refractivity contribution >= 4 is 5.65 Å². The van der Waals surface area contributed by atoms with Gasteiger partial charge in [-0.3, -0.25) is 9.38 Å². The van der Waals surface area contributed by atoms with Crippen molar-refractivity contribution in [2.75, 3.05) is 7.11 Å². The third-order valence-electron chi connectivity index (χ3n) is 4.83. The average molecular weight is 380 g/mol. The molecule has 0 radical (unpaired) electrons. The number of ether oxygens (including phenoxy) is 1. The molecule has 3 heterocycles. The van der Waals surface area contributed by atoms with E-state index >= 15 is 4.39 Å². The molecule has 4 aromatic rings. The number of benzene rings is 1. The van der Waals surface area contributed by atoms with Crippen LogP contribution < -0.4 is 4.74 Å². The van der Waals surface area contributed by atoms with Gasteiger partial charge in [0.2, 0.25) is 0 Å². The third-order valence-corrected chi connectivity index (χ3v) is 4.83. The molecule has 0 amide bonds. The van der Waals surface area contributed by atoms with Gasteiger partial charge in [0.1, 0.15) is 23.7 Å². The highest BCUT2D eigenvalue weighted by Crippen LogP contribution is 2.29. The monoisotopic (exact) mass is 380 g/mol. The van der Waals surface area contributed by atoms with Gasteiger partial charge in [-0.05, 0) is 44.0 Å². The Morgan fingerprint density at radius 2 is 1.89 bits per heavy atom. The predicted octanol–water partition coefficient (Wildman–Crippen LogP) is 4.17. The Labute approximate surface area is 160 Å². The van der Waals surface area contributed by atoms with Crippen molar-refractivity contribution in [2.45, 2.75) is 19.8 Å². The fraction of sp³-hybridized carbons (Fsp3) is 0.190. The molecule has 28 heavy (non-hydrogen) atoms. The lowest BCUT2D eigenvalue weighted by atomic mass is 10.0. The van der Waals surface area contributed by atoms with E-state index in [4.69, 9.17) is 4.74 Å². The average Bonchev–Trinajstić information content (AvgIpc) is 3.18. The molecule has 3 aromatic heterocycles. The Bertz CT molecular complexity index is 1160. The quantitative estimate of drug-likeness (QED) is 0.521. The Morgan fingerprint density at radius 1 is 1.04 bits per heavy atom. The van der Waals surface area contributed by atoms with E-state index in [0.717, 1.165) is 11.3 Å². The number of methoxy groups -OCH3 is 1. The van der Waals surface area contributed by atoms with Gasteiger partial charge in [-0.1, -0.05) is 12.1 Å². The van der Waals surface area contributed by atoms with Crippen LogP contribution in [-0.4, -0.2) is 26.7 Å². The standard InChI is InChI=1S/C21H18F2N4O/c1-13-14(5-4-10-24-13)16-11-18(23)19(27-12-25-26-21(16)27)9-8-15-17(22)6-3-7-20(15)28-2/h3-7,10-12H,8-9H2,1-2H3. The molecule has 7 heteroatoms. The molecule has 0 atom stereocenters. The van der Waals surface area contributed by atoms with Crippen molar-refractivity contribution in [3.63, 3.8) is 0 Å². The van der Waals surface area contributed by atoms with Crippen molar-refractivity contribution in [1.82, 2.24) is 19.6 Å². The lowest BCUT2D eigenvalue weighted by molar-refractivity contribution is 0.404. The summed E-state index contributed by atoms with van der Waals surface area (Å²) in [6.07, 6.45) is 3.71. The maximum atomic E-state index is 15.0. The first kappa shape index (κ1) is 18.0. The number of rotatable bonds is 5. The minimum atomic E-state index is -0.402. The molecule has 0 aliphatic heterocycles. The zero-order valence-electron chi connectivity index (χ0n) is 15.5. The SMILES string of the molecule is COc1cccc(F)c1CCc1c(F)cc(-c2cccnc2C)c2nncn12. The van der Waals surface area contributed by atoms with Gasteiger partial charge in [0.25, 0.3) is 0 Å². The van der Waals surface area contributed by atoms with Crippen molar-refractivity contribution in [2.24, 2.45) is 0 Å². The number of hydrogen-bond acceptors (Lipinski definition) is 4. The van der Waals surface area contributed by atoms with Gasteiger partial charge in [0, 0.05) is 28.6 Å². The van der Waals surface area contributed by atoms with Crippen LogP contribution in [0.5, 0.6) is 5.75 Å². The summed E-state index contributed by atoms with van der Waals surface area (Å²) >= 11 is 0. The molecule has 0 N–H and O–H groups in total. The largest absolute Gasteiger partial charge is 0.496 e. The first-order valence-corrected chi connectivity index (χ1v) is 8.84. The van der Waals surface area contributed by atoms with Crippen LogP contribution in [0.4, 0.5) is 8.78 Å². The second-order valence-electron chi connectivity index (χ2n) is 6.43. The van der Waals surface area contributed by atoms with Crippen LogP contribution in [0.2, 0.25) is 0 Å². The Kier molecular flexibility index (Phi) is 4.73. The van der Waals surface area contributed by atoms with E-state index in [1.807, 2.05) is 13.0 Å². The van der Waals surface area contributed by atoms with Crippen molar-refractivity contribution in [1.29, 1.82) is 0 Å². The number of halogens is 2. The fourth-order valence-electron chi connectivity index (χ4n) is 3.43. The highest BCUT2D eigenvalue weighted by molar-refractivity contribution is 5.78. The molecule has 142 valence electrons. The normalized spacial score (nSPS) is 11.1. The molecule has 5 nitrogen and oxygen atoms in total. The lowest BCUT2D eigenvalue weighted by Crippen LogP contribution is -2.06. The van der Waals surface area contributed by atoms with Gasteiger partial charge in [-0.2, -0.15) is 0 Å². The lowest BCUT2D eigenvalue weighted by Gasteiger charge is -2.13. The third kappa shape index (κ3) is 3.09. The summed E-state index contributed by atoms with van der Waals surface area (Å²) in [6.45, 7) is 1.86. The van der Waals surface area contributed by atoms with Gasteiger partial charge in [-0.25, -0.2) is 8.78 Å². The van der Waals surface area contributed by atoms with Crippen molar-refractivity contribution in [3.8, 4) is 16.9 Å². The highest BCUT2D eigenvalue weighted by atomic mass is 19.1. The van der Waals surface area contributed by atoms with Crippen LogP contribution in [0, 0.1) is 18.6 Å². The summed E-state index contributed by atoms with van der Waals surface area (Å²) in [6, 6.07) is 9.76. The molecule has 0 spiro atoms. The van der Waals surface area contributed by atoms with E-state index in [0.29, 0.717) is 28.2 Å². The van der Waals surface area contributed by atoms with Gasteiger partial charge >= 0.3 is 0 Å². The Morgan fingerprint density at radius 3 is 2.68 bits per heavy atom. The molecular formula is C21H18F2N4O. The summed E-state index contributed by atoms with van der Waals surface area (Å²) in [7, 11) is 1.49. The van der Waals surface area contributed by atoms with Crippen LogP contribution >= 0.6 is 0 Å². The number of fused-ring (bicyclic) bond motifs is 1. The molecule has 0 fully saturated rings. The summed E-state index contributed by atoms with van der Waals surface area (Å²) in [4.78, 5) is 4.27. The molecule has 0 bridgehead atoms. The molecule has 0 aliphatic carbocycles. The van der Waals surface area contributed by atoms with Crippen LogP contribution in [0.1, 0.15) is 17.0 Å². The first-order chi connectivity index (χ1) is 13.6. The minimum absolute atomic E-state index is 0.268. The van der Waals surface area contributed by atoms with E-state index in [2.05, 4.69) is 15.2 Å². The first-order valence-electron chi connectivity index (χ1n) is 8.84. The molecule has 0 aliphatic rings. The molecule has 0 unspecified atom stereocenters. The van der Waals surface area contributed by atoms with E-state index < -0.39 is 5.82 Å². The van der Waals surface area contributed by atoms with Crippen molar-refractivity contribution < 1.29 is 13.5 Å². The van der Waals surface area contributed by atoms with Crippen LogP contribution in [0.3, 0.4) is 0 Å². The van der Waals surface area contributed by atoms with E-state index in [1.165, 1.54) is 25.6 Å². The molecular weight excluding hydrogens is 362 g/mol. The molecule has 0 saturated heterocycles. The number of hydrogen-bond donors (Lipinski definition) is 0. The second-order valence-corrected chi connectivity index (χ2v) is 6.43. The number of aromatic nitrogens is 4. The molecule has 1 aromatic carbocycles. The van der Waals surface area contributed by atoms with Crippen LogP contribution in [0.25, 0.3) is 16.8 Å². The van der Waals surface area contributed by atoms with E-state index in [9.17, 15) is 4.39 Å². The summed E-state index contributed by atoms with van der Waals surface area (Å²) in [5.41, 5.74) is 3.52. The summed E-state index contributed by atoms with van der Waals surface area (Å²) in [5.74, 6) is -0.328. The zero-order valence-corrected chi connectivity index (χ0v) is 15.5. The molecule has 4 rings (SSSR count). The van der Waals surface area contributed by atoms with Gasteiger partial charge in [0.05, 0.1) is 12.8 Å². The predicted molar refractivity (Wildman–Crippen MR) is 101 cm³/mol. The second kappa shape index (κ2) is 7.34. The Balaban J connectivity index is 1.76. The van der Waals surface area contributed by atoms with Gasteiger partial charge in [-0.15, -0.1) is 10.2 Å². The van der Waals surface area contributed by atoms with Crippen molar-refractivity contribution in [3.05, 3.63) is 77.5 Å². The van der Waals surface area contributed by atoms with Crippen LogP contribution in [-0.2, 0) is 12.8 Å². The maximum absolute atomic E-state index is 15.0. The van der Waals surface area contributed by atoms with E-state index in [1.54, 1.807) is 28.8 Å². The zero-order chi connectivity index (χ0) is 19.7. The maximum Gasteiger partial charge on any atom is 0.168 e. The smallest absolute Gasteiger partial charge is 0.168 e. The minimum Gasteiger partial charge on any atom is -0.496 e. The summed E-state index contributed by atoms with van der Waals surface area (Å²) in [5, 5.41) is 8.12. The summed E-state index contributed by atoms with van der Waals surface area (Å²) < 4.78 is 36.1. The topological polar surface area (TPSA) is 52.3 Å². The van der Waals surface area contributed by atoms with Gasteiger partial charge < -0.3 is 4.74 Å². The fourth-order valence-corrected chi connectivity index (χ4v) is 3.43. The highest BCUT2D eigenvalue weighted by Gasteiger charge is 2.18. The van der Waals surface area contributed by atoms with E-state index in [-0.39, 0.29) is 18.7 Å². The number of nitrogens with zero attached hydrogens (tertiary/aromatic N) is 4. The number of aryl methyl sites for hydroxylation is 2. The van der Waals surface area contributed by atoms with Crippen LogP contribution in [0.15, 0.2) is 48.9 Å². The molecule has 0 saturated carbocycles. The van der Waals surface area contributed by atoms with Gasteiger partial charge in [0.15, 0.2) is 5.65 Å². The number of pyridine rings is 2.